The molecule has 4 rings (SSSR count). The van der Waals surface area contributed by atoms with Crippen LogP contribution in [0.15, 0.2) is 47.4 Å². The fourth-order valence-corrected chi connectivity index (χ4v) is 6.05. The van der Waals surface area contributed by atoms with E-state index in [1.54, 1.807) is 0 Å². The Hall–Kier alpha value is -2.47. The van der Waals surface area contributed by atoms with E-state index in [0.717, 1.165) is 30.8 Å². The van der Waals surface area contributed by atoms with Crippen molar-refractivity contribution in [1.82, 2.24) is 9.80 Å². The number of hydrogen-bond acceptors (Lipinski definition) is 4. The molecule has 6 heteroatoms. The number of benzene rings is 2. The zero-order valence-electron chi connectivity index (χ0n) is 20.8. The highest BCUT2D eigenvalue weighted by atomic mass is 32.2. The lowest BCUT2D eigenvalue weighted by molar-refractivity contribution is -0.129. The maximum absolute atomic E-state index is 13.4. The number of anilines is 1. The maximum atomic E-state index is 13.4. The number of thioether (sulfide) groups is 1. The smallest absolute Gasteiger partial charge is 0.255 e. The van der Waals surface area contributed by atoms with Crippen molar-refractivity contribution in [2.45, 2.75) is 56.9 Å². The zero-order chi connectivity index (χ0) is 24.1. The van der Waals surface area contributed by atoms with Gasteiger partial charge in [0, 0.05) is 49.9 Å². The summed E-state index contributed by atoms with van der Waals surface area (Å²) in [6, 6.07) is 14.5. The fourth-order valence-electron chi connectivity index (χ4n) is 5.08. The molecular formula is C28H37N3O2S. The second kappa shape index (κ2) is 11.3. The highest BCUT2D eigenvalue weighted by Gasteiger charge is 2.26. The summed E-state index contributed by atoms with van der Waals surface area (Å²) in [5.41, 5.74) is 4.59. The van der Waals surface area contributed by atoms with Crippen LogP contribution in [0.1, 0.15) is 53.6 Å². The Balaban J connectivity index is 1.36. The first-order valence-electron chi connectivity index (χ1n) is 12.5. The van der Waals surface area contributed by atoms with E-state index in [1.165, 1.54) is 47.8 Å². The van der Waals surface area contributed by atoms with Gasteiger partial charge in [-0.05, 0) is 56.0 Å². The Morgan fingerprint density at radius 3 is 2.38 bits per heavy atom. The second-order valence-electron chi connectivity index (χ2n) is 9.58. The number of hydrogen-bond donors (Lipinski definition) is 0. The fraction of sp³-hybridized carbons (Fsp3) is 0.500. The van der Waals surface area contributed by atoms with E-state index in [1.807, 2.05) is 41.1 Å². The van der Waals surface area contributed by atoms with Crippen molar-refractivity contribution in [1.29, 1.82) is 0 Å². The van der Waals surface area contributed by atoms with Gasteiger partial charge in [0.2, 0.25) is 5.91 Å². The van der Waals surface area contributed by atoms with Crippen LogP contribution in [0.5, 0.6) is 0 Å². The molecule has 2 fully saturated rings. The van der Waals surface area contributed by atoms with Gasteiger partial charge in [-0.25, -0.2) is 0 Å². The summed E-state index contributed by atoms with van der Waals surface area (Å²) in [6.07, 6.45) is 5.92. The molecule has 0 aromatic heterocycles. The monoisotopic (exact) mass is 479 g/mol. The molecule has 0 spiro atoms. The Kier molecular flexibility index (Phi) is 8.19. The standard InChI is InChI=1S/C28H37N3O2S/c1-21-10-9-14-25(22(21)2)30-16-18-31(19-17-30)28(33)24-13-7-8-15-26(24)34-20-27(32)29(3)23-11-5-4-6-12-23/h7-10,13-15,23H,4-6,11-12,16-20H2,1-3H3. The van der Waals surface area contributed by atoms with Gasteiger partial charge in [0.1, 0.15) is 0 Å². The van der Waals surface area contributed by atoms with Crippen LogP contribution < -0.4 is 4.90 Å². The molecule has 182 valence electrons. The molecule has 0 radical (unpaired) electrons. The van der Waals surface area contributed by atoms with Crippen molar-refractivity contribution in [3.63, 3.8) is 0 Å². The molecule has 2 amide bonds. The Morgan fingerprint density at radius 2 is 1.65 bits per heavy atom. The van der Waals surface area contributed by atoms with Crippen molar-refractivity contribution < 1.29 is 9.59 Å². The summed E-state index contributed by atoms with van der Waals surface area (Å²) in [4.78, 5) is 33.4. The third-order valence-corrected chi connectivity index (χ3v) is 8.53. The van der Waals surface area contributed by atoms with E-state index in [2.05, 4.69) is 36.9 Å². The van der Waals surface area contributed by atoms with Crippen molar-refractivity contribution in [3.05, 3.63) is 59.2 Å². The molecule has 2 aromatic carbocycles. The van der Waals surface area contributed by atoms with Crippen LogP contribution in [-0.4, -0.2) is 66.6 Å². The molecule has 2 aliphatic rings. The molecule has 0 N–H and O–H groups in total. The summed E-state index contributed by atoms with van der Waals surface area (Å²) in [5, 5.41) is 0. The van der Waals surface area contributed by atoms with Crippen LogP contribution in [0.2, 0.25) is 0 Å². The third kappa shape index (κ3) is 5.60. The van der Waals surface area contributed by atoms with Gasteiger partial charge in [0.15, 0.2) is 0 Å². The normalized spacial score (nSPS) is 17.0. The number of carbonyl (C=O) groups is 2. The van der Waals surface area contributed by atoms with E-state index in [9.17, 15) is 9.59 Å². The summed E-state index contributed by atoms with van der Waals surface area (Å²) in [7, 11) is 1.94. The number of piperazine rings is 1. The molecule has 2 aromatic rings. The largest absolute Gasteiger partial charge is 0.368 e. The van der Waals surface area contributed by atoms with Gasteiger partial charge in [-0.3, -0.25) is 9.59 Å². The predicted octanol–water partition coefficient (Wildman–Crippen LogP) is 5.15. The lowest BCUT2D eigenvalue weighted by Gasteiger charge is -2.37. The van der Waals surface area contributed by atoms with Crippen LogP contribution in [0, 0.1) is 13.8 Å². The number of amides is 2. The lowest BCUT2D eigenvalue weighted by atomic mass is 9.94. The minimum absolute atomic E-state index is 0.0665. The number of aryl methyl sites for hydroxylation is 1. The highest BCUT2D eigenvalue weighted by molar-refractivity contribution is 8.00. The molecule has 0 atom stereocenters. The molecular weight excluding hydrogens is 442 g/mol. The molecule has 0 unspecified atom stereocenters. The van der Waals surface area contributed by atoms with Crippen molar-refractivity contribution in [3.8, 4) is 0 Å². The molecule has 34 heavy (non-hydrogen) atoms. The van der Waals surface area contributed by atoms with Gasteiger partial charge in [-0.15, -0.1) is 11.8 Å². The van der Waals surface area contributed by atoms with E-state index >= 15 is 0 Å². The predicted molar refractivity (Wildman–Crippen MR) is 141 cm³/mol. The van der Waals surface area contributed by atoms with E-state index in [4.69, 9.17) is 0 Å². The number of carbonyl (C=O) groups excluding carboxylic acids is 2. The SMILES string of the molecule is Cc1cccc(N2CCN(C(=O)c3ccccc3SCC(=O)N(C)C3CCCCC3)CC2)c1C. The van der Waals surface area contributed by atoms with Crippen molar-refractivity contribution >= 4 is 29.3 Å². The summed E-state index contributed by atoms with van der Waals surface area (Å²) in [5.74, 6) is 0.593. The summed E-state index contributed by atoms with van der Waals surface area (Å²) in [6.45, 7) is 7.38. The molecule has 1 aliphatic heterocycles. The Bertz CT molecular complexity index is 1010. The van der Waals surface area contributed by atoms with Crippen LogP contribution in [-0.2, 0) is 4.79 Å². The van der Waals surface area contributed by atoms with Gasteiger partial charge in [0.25, 0.3) is 5.91 Å². The first-order chi connectivity index (χ1) is 16.5. The van der Waals surface area contributed by atoms with Crippen molar-refractivity contribution in [2.75, 3.05) is 43.9 Å². The molecule has 1 saturated carbocycles. The molecule has 5 nitrogen and oxygen atoms in total. The summed E-state index contributed by atoms with van der Waals surface area (Å²) < 4.78 is 0. The zero-order valence-corrected chi connectivity index (χ0v) is 21.6. The summed E-state index contributed by atoms with van der Waals surface area (Å²) >= 11 is 1.49. The molecule has 1 saturated heterocycles. The Labute approximate surface area is 208 Å². The van der Waals surface area contributed by atoms with E-state index < -0.39 is 0 Å². The topological polar surface area (TPSA) is 43.9 Å². The van der Waals surface area contributed by atoms with Crippen molar-refractivity contribution in [2.24, 2.45) is 0 Å². The van der Waals surface area contributed by atoms with E-state index in [0.29, 0.717) is 30.4 Å². The number of nitrogens with zero attached hydrogens (tertiary/aromatic N) is 3. The average Bonchev–Trinajstić information content (AvgIpc) is 2.89. The van der Waals surface area contributed by atoms with Crippen LogP contribution in [0.25, 0.3) is 0 Å². The van der Waals surface area contributed by atoms with E-state index in [-0.39, 0.29) is 11.8 Å². The number of rotatable bonds is 6. The average molecular weight is 480 g/mol. The second-order valence-corrected chi connectivity index (χ2v) is 10.6. The van der Waals surface area contributed by atoms with Crippen LogP contribution >= 0.6 is 11.8 Å². The minimum Gasteiger partial charge on any atom is -0.368 e. The van der Waals surface area contributed by atoms with Gasteiger partial charge in [-0.1, -0.05) is 43.5 Å². The minimum atomic E-state index is 0.0665. The van der Waals surface area contributed by atoms with Crippen LogP contribution in [0.4, 0.5) is 5.69 Å². The first kappa shape index (κ1) is 24.6. The molecule has 1 aliphatic carbocycles. The maximum Gasteiger partial charge on any atom is 0.255 e. The quantitative estimate of drug-likeness (QED) is 0.538. The highest BCUT2D eigenvalue weighted by Crippen LogP contribution is 2.28. The molecule has 1 heterocycles. The van der Waals surface area contributed by atoms with Gasteiger partial charge < -0.3 is 14.7 Å². The lowest BCUT2D eigenvalue weighted by Crippen LogP contribution is -2.49. The third-order valence-electron chi connectivity index (χ3n) is 7.47. The van der Waals surface area contributed by atoms with Gasteiger partial charge in [0.05, 0.1) is 11.3 Å². The van der Waals surface area contributed by atoms with Gasteiger partial charge in [-0.2, -0.15) is 0 Å². The first-order valence-corrected chi connectivity index (χ1v) is 13.5. The Morgan fingerprint density at radius 1 is 0.941 bits per heavy atom. The van der Waals surface area contributed by atoms with Crippen LogP contribution in [0.3, 0.4) is 0 Å². The van der Waals surface area contributed by atoms with Gasteiger partial charge >= 0.3 is 0 Å². The molecule has 0 bridgehead atoms.